The Hall–Kier alpha value is -0.570. The van der Waals surface area contributed by atoms with Crippen LogP contribution in [0, 0.1) is 11.8 Å². The van der Waals surface area contributed by atoms with Crippen molar-refractivity contribution in [3.63, 3.8) is 0 Å². The van der Waals surface area contributed by atoms with E-state index in [1.54, 1.807) is 0 Å². The van der Waals surface area contributed by atoms with Crippen LogP contribution in [0.25, 0.3) is 0 Å². The molecule has 0 saturated carbocycles. The summed E-state index contributed by atoms with van der Waals surface area (Å²) >= 11 is 0. The van der Waals surface area contributed by atoms with E-state index in [1.165, 1.54) is 0 Å². The van der Waals surface area contributed by atoms with Gasteiger partial charge in [0.25, 0.3) is 0 Å². The van der Waals surface area contributed by atoms with Crippen LogP contribution in [-0.2, 0) is 4.79 Å². The molecule has 6 nitrogen and oxygen atoms in total. The lowest BCUT2D eigenvalue weighted by Crippen LogP contribution is -2.50. The SMILES string of the molecule is CCNC(=NCC(C)CO)NC1CCN(C(=O)C(CC)CC)CC1.I. The summed E-state index contributed by atoms with van der Waals surface area (Å²) in [4.78, 5) is 19.0. The molecule has 0 aromatic heterocycles. The molecule has 0 aliphatic carbocycles. The van der Waals surface area contributed by atoms with E-state index >= 15 is 0 Å². The van der Waals surface area contributed by atoms with Crippen molar-refractivity contribution in [2.24, 2.45) is 16.8 Å². The maximum atomic E-state index is 12.4. The molecule has 1 aliphatic heterocycles. The first-order chi connectivity index (χ1) is 11.5. The fourth-order valence-electron chi connectivity index (χ4n) is 2.96. The van der Waals surface area contributed by atoms with Gasteiger partial charge in [-0.3, -0.25) is 9.79 Å². The number of nitrogens with one attached hydrogen (secondary N) is 2. The molecule has 1 saturated heterocycles. The zero-order chi connectivity index (χ0) is 17.9. The molecular formula is C18H37IN4O2. The van der Waals surface area contributed by atoms with E-state index in [4.69, 9.17) is 5.11 Å². The number of aliphatic hydroxyl groups is 1. The molecular weight excluding hydrogens is 431 g/mol. The number of likely N-dealkylation sites (tertiary alicyclic amines) is 1. The van der Waals surface area contributed by atoms with E-state index in [-0.39, 0.29) is 42.4 Å². The van der Waals surface area contributed by atoms with Gasteiger partial charge in [0, 0.05) is 44.7 Å². The fraction of sp³-hybridized carbons (Fsp3) is 0.889. The minimum atomic E-state index is 0. The lowest BCUT2D eigenvalue weighted by atomic mass is 9.98. The average Bonchev–Trinajstić information content (AvgIpc) is 2.61. The summed E-state index contributed by atoms with van der Waals surface area (Å²) in [7, 11) is 0. The molecule has 1 amide bonds. The predicted octanol–water partition coefficient (Wildman–Crippen LogP) is 2.22. The third-order valence-electron chi connectivity index (χ3n) is 4.70. The second-order valence-electron chi connectivity index (χ2n) is 6.76. The van der Waals surface area contributed by atoms with E-state index < -0.39 is 0 Å². The van der Waals surface area contributed by atoms with Gasteiger partial charge in [-0.2, -0.15) is 0 Å². The van der Waals surface area contributed by atoms with Crippen molar-refractivity contribution in [2.45, 2.75) is 59.4 Å². The number of hydrogen-bond donors (Lipinski definition) is 3. The summed E-state index contributed by atoms with van der Waals surface area (Å²) in [6.45, 7) is 11.4. The number of hydrogen-bond acceptors (Lipinski definition) is 3. The van der Waals surface area contributed by atoms with Crippen molar-refractivity contribution in [1.29, 1.82) is 0 Å². The number of piperidine rings is 1. The van der Waals surface area contributed by atoms with Gasteiger partial charge in [0.15, 0.2) is 5.96 Å². The quantitative estimate of drug-likeness (QED) is 0.290. The van der Waals surface area contributed by atoms with Crippen molar-refractivity contribution in [1.82, 2.24) is 15.5 Å². The topological polar surface area (TPSA) is 77.0 Å². The van der Waals surface area contributed by atoms with Crippen LogP contribution in [0.4, 0.5) is 0 Å². The third kappa shape index (κ3) is 8.57. The molecule has 1 aliphatic rings. The molecule has 0 aromatic rings. The Morgan fingerprint density at radius 3 is 2.32 bits per heavy atom. The smallest absolute Gasteiger partial charge is 0.225 e. The first kappa shape index (κ1) is 24.4. The molecule has 3 N–H and O–H groups in total. The molecule has 1 rings (SSSR count). The van der Waals surface area contributed by atoms with Gasteiger partial charge in [0.1, 0.15) is 0 Å². The van der Waals surface area contributed by atoms with Crippen LogP contribution in [0.3, 0.4) is 0 Å². The lowest BCUT2D eigenvalue weighted by Gasteiger charge is -2.35. The van der Waals surface area contributed by atoms with Gasteiger partial charge in [-0.05, 0) is 38.5 Å². The van der Waals surface area contributed by atoms with Gasteiger partial charge in [-0.25, -0.2) is 0 Å². The van der Waals surface area contributed by atoms with Crippen molar-refractivity contribution in [3.05, 3.63) is 0 Å². The van der Waals surface area contributed by atoms with E-state index in [0.29, 0.717) is 18.5 Å². The number of amides is 1. The van der Waals surface area contributed by atoms with Crippen molar-refractivity contribution in [2.75, 3.05) is 32.8 Å². The van der Waals surface area contributed by atoms with Crippen LogP contribution >= 0.6 is 24.0 Å². The van der Waals surface area contributed by atoms with Crippen molar-refractivity contribution >= 4 is 35.8 Å². The summed E-state index contributed by atoms with van der Waals surface area (Å²) in [5.74, 6) is 1.46. The molecule has 0 radical (unpaired) electrons. The number of aliphatic imine (C=N–C) groups is 1. The standard InChI is InChI=1S/C18H36N4O2.HI/c1-5-15(6-2)17(24)22-10-8-16(9-11-22)21-18(19-7-3)20-12-14(4)13-23;/h14-16,23H,5-13H2,1-4H3,(H2,19,20,21);1H. The first-order valence-corrected chi connectivity index (χ1v) is 9.50. The number of rotatable bonds is 8. The zero-order valence-corrected chi connectivity index (χ0v) is 18.6. The molecule has 1 fully saturated rings. The summed E-state index contributed by atoms with van der Waals surface area (Å²) in [5.41, 5.74) is 0. The lowest BCUT2D eigenvalue weighted by molar-refractivity contribution is -0.136. The Labute approximate surface area is 170 Å². The second kappa shape index (κ2) is 13.6. The highest BCUT2D eigenvalue weighted by Gasteiger charge is 2.26. The molecule has 0 spiro atoms. The Kier molecular flexibility index (Phi) is 13.3. The average molecular weight is 468 g/mol. The molecule has 0 bridgehead atoms. The van der Waals surface area contributed by atoms with Gasteiger partial charge < -0.3 is 20.6 Å². The first-order valence-electron chi connectivity index (χ1n) is 9.50. The van der Waals surface area contributed by atoms with Crippen LogP contribution < -0.4 is 10.6 Å². The van der Waals surface area contributed by atoms with E-state index in [0.717, 1.165) is 51.3 Å². The van der Waals surface area contributed by atoms with E-state index in [1.807, 2.05) is 18.7 Å². The molecule has 1 heterocycles. The van der Waals surface area contributed by atoms with Crippen LogP contribution in [0.2, 0.25) is 0 Å². The minimum Gasteiger partial charge on any atom is -0.396 e. The third-order valence-corrected chi connectivity index (χ3v) is 4.70. The van der Waals surface area contributed by atoms with Crippen molar-refractivity contribution in [3.8, 4) is 0 Å². The van der Waals surface area contributed by atoms with Crippen LogP contribution in [0.5, 0.6) is 0 Å². The zero-order valence-electron chi connectivity index (χ0n) is 16.3. The summed E-state index contributed by atoms with van der Waals surface area (Å²) < 4.78 is 0. The van der Waals surface area contributed by atoms with Crippen molar-refractivity contribution < 1.29 is 9.90 Å². The van der Waals surface area contributed by atoms with Gasteiger partial charge >= 0.3 is 0 Å². The van der Waals surface area contributed by atoms with Crippen LogP contribution in [-0.4, -0.2) is 60.7 Å². The maximum absolute atomic E-state index is 12.4. The monoisotopic (exact) mass is 468 g/mol. The number of carbonyl (C=O) groups excluding carboxylic acids is 1. The number of aliphatic hydroxyl groups excluding tert-OH is 1. The Bertz CT molecular complexity index is 395. The number of guanidine groups is 1. The van der Waals surface area contributed by atoms with Gasteiger partial charge in [0.2, 0.25) is 5.91 Å². The Morgan fingerprint density at radius 1 is 1.24 bits per heavy atom. The summed E-state index contributed by atoms with van der Waals surface area (Å²) in [6, 6.07) is 0.345. The molecule has 7 heteroatoms. The second-order valence-corrected chi connectivity index (χ2v) is 6.76. The highest BCUT2D eigenvalue weighted by atomic mass is 127. The Morgan fingerprint density at radius 2 is 1.84 bits per heavy atom. The van der Waals surface area contributed by atoms with Gasteiger partial charge in [-0.15, -0.1) is 24.0 Å². The maximum Gasteiger partial charge on any atom is 0.225 e. The van der Waals surface area contributed by atoms with Gasteiger partial charge in [0.05, 0.1) is 0 Å². The fourth-order valence-corrected chi connectivity index (χ4v) is 2.96. The normalized spacial score (nSPS) is 17.2. The summed E-state index contributed by atoms with van der Waals surface area (Å²) in [6.07, 6.45) is 3.75. The molecule has 148 valence electrons. The number of carbonyl (C=O) groups is 1. The summed E-state index contributed by atoms with van der Waals surface area (Å²) in [5, 5.41) is 15.8. The van der Waals surface area contributed by atoms with Crippen LogP contribution in [0.1, 0.15) is 53.4 Å². The molecule has 1 unspecified atom stereocenters. The predicted molar refractivity (Wildman–Crippen MR) is 114 cm³/mol. The van der Waals surface area contributed by atoms with Crippen LogP contribution in [0.15, 0.2) is 4.99 Å². The van der Waals surface area contributed by atoms with E-state index in [2.05, 4.69) is 29.5 Å². The Balaban J connectivity index is 0.00000576. The largest absolute Gasteiger partial charge is 0.396 e. The number of halogens is 1. The minimum absolute atomic E-state index is 0. The molecule has 1 atom stereocenters. The van der Waals surface area contributed by atoms with Gasteiger partial charge in [-0.1, -0.05) is 20.8 Å². The highest BCUT2D eigenvalue weighted by molar-refractivity contribution is 14.0. The molecule has 0 aromatic carbocycles. The molecule has 25 heavy (non-hydrogen) atoms. The number of nitrogens with zero attached hydrogens (tertiary/aromatic N) is 2. The van der Waals surface area contributed by atoms with E-state index in [9.17, 15) is 4.79 Å². The highest BCUT2D eigenvalue weighted by Crippen LogP contribution is 2.17.